The zero-order valence-corrected chi connectivity index (χ0v) is 11.7. The second-order valence-corrected chi connectivity index (χ2v) is 4.99. The first-order valence-electron chi connectivity index (χ1n) is 6.63. The summed E-state index contributed by atoms with van der Waals surface area (Å²) in [5.41, 5.74) is 1.45. The molecule has 0 atom stereocenters. The summed E-state index contributed by atoms with van der Waals surface area (Å²) < 4.78 is 5.61. The molecule has 2 aromatic rings. The molecule has 0 fully saturated rings. The molecule has 0 saturated heterocycles. The highest BCUT2D eigenvalue weighted by Crippen LogP contribution is 2.14. The van der Waals surface area contributed by atoms with E-state index in [1.54, 1.807) is 24.7 Å². The number of carbonyl (C=O) groups is 1. The fourth-order valence-electron chi connectivity index (χ4n) is 1.65. The van der Waals surface area contributed by atoms with Crippen molar-refractivity contribution in [3.8, 4) is 5.75 Å². The molecule has 2 rings (SSSR count). The monoisotopic (exact) mass is 273 g/mol. The van der Waals surface area contributed by atoms with E-state index in [-0.39, 0.29) is 5.91 Å². The Balaban J connectivity index is 1.93. The largest absolute Gasteiger partial charge is 0.493 e. The summed E-state index contributed by atoms with van der Waals surface area (Å²) in [5, 5.41) is 2.83. The molecule has 1 amide bonds. The maximum Gasteiger partial charge on any atom is 0.251 e. The predicted octanol–water partition coefficient (Wildman–Crippen LogP) is 2.37. The minimum atomic E-state index is -0.130. The second kappa shape index (κ2) is 6.75. The number of rotatable bonds is 6. The molecular weight excluding hydrogens is 254 g/mol. The van der Waals surface area contributed by atoms with Crippen LogP contribution in [0.25, 0.3) is 0 Å². The van der Waals surface area contributed by atoms with Crippen LogP contribution in [-0.4, -0.2) is 22.5 Å². The highest BCUT2D eigenvalue weighted by Gasteiger charge is 2.07. The van der Waals surface area contributed by atoms with Crippen LogP contribution in [0.15, 0.2) is 36.8 Å². The average Bonchev–Trinajstić information content (AvgIpc) is 2.96. The average molecular weight is 273 g/mol. The van der Waals surface area contributed by atoms with Gasteiger partial charge < -0.3 is 15.0 Å². The molecule has 1 aromatic heterocycles. The number of benzene rings is 1. The van der Waals surface area contributed by atoms with E-state index in [4.69, 9.17) is 4.74 Å². The van der Waals surface area contributed by atoms with E-state index in [1.165, 1.54) is 0 Å². The number of hydrogen-bond donors (Lipinski definition) is 2. The Bertz CT molecular complexity index is 550. The van der Waals surface area contributed by atoms with E-state index in [2.05, 4.69) is 29.1 Å². The number of H-pyrrole nitrogens is 1. The van der Waals surface area contributed by atoms with Crippen LogP contribution >= 0.6 is 0 Å². The molecular formula is C15H19N3O2. The summed E-state index contributed by atoms with van der Waals surface area (Å²) in [7, 11) is 0. The van der Waals surface area contributed by atoms with Crippen LogP contribution in [0.5, 0.6) is 5.75 Å². The number of amides is 1. The number of hydrogen-bond acceptors (Lipinski definition) is 3. The summed E-state index contributed by atoms with van der Waals surface area (Å²) in [5.74, 6) is 1.04. The molecule has 0 aliphatic heterocycles. The van der Waals surface area contributed by atoms with Crippen molar-refractivity contribution in [3.05, 3.63) is 48.0 Å². The van der Waals surface area contributed by atoms with Gasteiger partial charge in [-0.2, -0.15) is 0 Å². The lowest BCUT2D eigenvalue weighted by molar-refractivity contribution is 0.0950. The lowest BCUT2D eigenvalue weighted by Crippen LogP contribution is -2.23. The lowest BCUT2D eigenvalue weighted by Gasteiger charge is -2.10. The maximum absolute atomic E-state index is 12.0. The third-order valence-electron chi connectivity index (χ3n) is 2.67. The van der Waals surface area contributed by atoms with Crippen LogP contribution in [0.4, 0.5) is 0 Å². The highest BCUT2D eigenvalue weighted by molar-refractivity contribution is 5.94. The summed E-state index contributed by atoms with van der Waals surface area (Å²) >= 11 is 0. The quantitative estimate of drug-likeness (QED) is 0.849. The fraction of sp³-hybridized carbons (Fsp3) is 0.333. The van der Waals surface area contributed by atoms with Crippen molar-refractivity contribution in [2.24, 2.45) is 5.92 Å². The van der Waals surface area contributed by atoms with Crippen molar-refractivity contribution in [1.82, 2.24) is 15.3 Å². The first-order valence-corrected chi connectivity index (χ1v) is 6.63. The van der Waals surface area contributed by atoms with Gasteiger partial charge in [-0.15, -0.1) is 0 Å². The van der Waals surface area contributed by atoms with E-state index in [0.29, 0.717) is 30.4 Å². The van der Waals surface area contributed by atoms with E-state index in [1.807, 2.05) is 12.1 Å². The Hall–Kier alpha value is -2.30. The van der Waals surface area contributed by atoms with Gasteiger partial charge in [0.15, 0.2) is 0 Å². The lowest BCUT2D eigenvalue weighted by atomic mass is 10.2. The Labute approximate surface area is 118 Å². The van der Waals surface area contributed by atoms with Crippen molar-refractivity contribution in [2.75, 3.05) is 6.61 Å². The highest BCUT2D eigenvalue weighted by atomic mass is 16.5. The minimum absolute atomic E-state index is 0.130. The van der Waals surface area contributed by atoms with Crippen LogP contribution in [0, 0.1) is 5.92 Å². The Morgan fingerprint density at radius 2 is 2.30 bits per heavy atom. The van der Waals surface area contributed by atoms with E-state index in [0.717, 1.165) is 5.69 Å². The molecule has 0 bridgehead atoms. The molecule has 20 heavy (non-hydrogen) atoms. The van der Waals surface area contributed by atoms with Crippen molar-refractivity contribution >= 4 is 5.91 Å². The molecule has 0 aliphatic rings. The number of aromatic amines is 1. The smallest absolute Gasteiger partial charge is 0.251 e. The topological polar surface area (TPSA) is 67.0 Å². The summed E-state index contributed by atoms with van der Waals surface area (Å²) in [6.07, 6.45) is 3.27. The molecule has 1 heterocycles. The van der Waals surface area contributed by atoms with Crippen molar-refractivity contribution in [2.45, 2.75) is 20.4 Å². The Morgan fingerprint density at radius 1 is 1.45 bits per heavy atom. The number of nitrogens with one attached hydrogen (secondary N) is 2. The van der Waals surface area contributed by atoms with E-state index >= 15 is 0 Å². The SMILES string of the molecule is CC(C)COc1cccc(C(=O)NCc2cnc[nH]2)c1. The number of carbonyl (C=O) groups excluding carboxylic acids is 1. The van der Waals surface area contributed by atoms with Crippen LogP contribution in [0.1, 0.15) is 29.9 Å². The first-order chi connectivity index (χ1) is 9.65. The van der Waals surface area contributed by atoms with Gasteiger partial charge in [-0.05, 0) is 24.1 Å². The van der Waals surface area contributed by atoms with Gasteiger partial charge in [0.25, 0.3) is 5.91 Å². The zero-order valence-electron chi connectivity index (χ0n) is 11.7. The molecule has 1 aromatic carbocycles. The molecule has 5 heteroatoms. The number of aromatic nitrogens is 2. The van der Waals surface area contributed by atoms with Crippen LogP contribution < -0.4 is 10.1 Å². The molecule has 0 spiro atoms. The van der Waals surface area contributed by atoms with Gasteiger partial charge in [0.1, 0.15) is 5.75 Å². The van der Waals surface area contributed by atoms with E-state index in [9.17, 15) is 4.79 Å². The van der Waals surface area contributed by atoms with Crippen LogP contribution in [0.2, 0.25) is 0 Å². The standard InChI is InChI=1S/C15H19N3O2/c1-11(2)9-20-14-5-3-4-12(6-14)15(19)17-8-13-7-16-10-18-13/h3-7,10-11H,8-9H2,1-2H3,(H,16,18)(H,17,19). The molecule has 106 valence electrons. The van der Waals surface area contributed by atoms with Gasteiger partial charge in [0.2, 0.25) is 0 Å². The summed E-state index contributed by atoms with van der Waals surface area (Å²) in [6.45, 7) is 5.23. The number of nitrogens with zero attached hydrogens (tertiary/aromatic N) is 1. The zero-order chi connectivity index (χ0) is 14.4. The second-order valence-electron chi connectivity index (χ2n) is 4.99. The summed E-state index contributed by atoms with van der Waals surface area (Å²) in [4.78, 5) is 18.9. The molecule has 0 radical (unpaired) electrons. The first kappa shape index (κ1) is 14.1. The van der Waals surface area contributed by atoms with Gasteiger partial charge in [-0.3, -0.25) is 4.79 Å². The molecule has 2 N–H and O–H groups in total. The third-order valence-corrected chi connectivity index (χ3v) is 2.67. The number of ether oxygens (including phenoxy) is 1. The molecule has 0 unspecified atom stereocenters. The summed E-state index contributed by atoms with van der Waals surface area (Å²) in [6, 6.07) is 7.20. The Morgan fingerprint density at radius 3 is 3.00 bits per heavy atom. The van der Waals surface area contributed by atoms with Crippen molar-refractivity contribution < 1.29 is 9.53 Å². The van der Waals surface area contributed by atoms with Gasteiger partial charge in [-0.1, -0.05) is 19.9 Å². The minimum Gasteiger partial charge on any atom is -0.493 e. The third kappa shape index (κ3) is 4.12. The van der Waals surface area contributed by atoms with Gasteiger partial charge >= 0.3 is 0 Å². The van der Waals surface area contributed by atoms with Crippen molar-refractivity contribution in [1.29, 1.82) is 0 Å². The number of imidazole rings is 1. The normalized spacial score (nSPS) is 10.6. The fourth-order valence-corrected chi connectivity index (χ4v) is 1.65. The molecule has 5 nitrogen and oxygen atoms in total. The van der Waals surface area contributed by atoms with Crippen LogP contribution in [-0.2, 0) is 6.54 Å². The maximum atomic E-state index is 12.0. The van der Waals surface area contributed by atoms with Crippen LogP contribution in [0.3, 0.4) is 0 Å². The predicted molar refractivity (Wildman–Crippen MR) is 76.5 cm³/mol. The Kier molecular flexibility index (Phi) is 4.76. The molecule has 0 saturated carbocycles. The van der Waals surface area contributed by atoms with Gasteiger partial charge in [0.05, 0.1) is 25.2 Å². The van der Waals surface area contributed by atoms with E-state index < -0.39 is 0 Å². The molecule has 0 aliphatic carbocycles. The van der Waals surface area contributed by atoms with Gasteiger partial charge in [0, 0.05) is 11.8 Å². The van der Waals surface area contributed by atoms with Gasteiger partial charge in [-0.25, -0.2) is 4.98 Å². The van der Waals surface area contributed by atoms with Crippen molar-refractivity contribution in [3.63, 3.8) is 0 Å².